The third-order valence-electron chi connectivity index (χ3n) is 4.67. The molecule has 4 nitrogen and oxygen atoms in total. The van der Waals surface area contributed by atoms with Gasteiger partial charge in [-0.15, -0.1) is 0 Å². The Morgan fingerprint density at radius 3 is 2.48 bits per heavy atom. The molecule has 1 amide bonds. The second-order valence-electron chi connectivity index (χ2n) is 6.25. The Labute approximate surface area is 126 Å². The van der Waals surface area contributed by atoms with Gasteiger partial charge < -0.3 is 15.4 Å². The molecule has 2 saturated carbocycles. The van der Waals surface area contributed by atoms with Crippen LogP contribution in [0.1, 0.15) is 37.7 Å². The smallest absolute Gasteiger partial charge is 0.227 e. The van der Waals surface area contributed by atoms with Crippen LogP contribution < -0.4 is 10.5 Å². The van der Waals surface area contributed by atoms with Crippen LogP contribution in [0.15, 0.2) is 24.3 Å². The van der Waals surface area contributed by atoms with Crippen molar-refractivity contribution in [2.24, 2.45) is 11.7 Å². The van der Waals surface area contributed by atoms with Crippen LogP contribution in [0.25, 0.3) is 0 Å². The Morgan fingerprint density at radius 2 is 1.95 bits per heavy atom. The van der Waals surface area contributed by atoms with Crippen molar-refractivity contribution >= 4 is 5.91 Å². The van der Waals surface area contributed by atoms with Crippen LogP contribution in [0.5, 0.6) is 5.75 Å². The zero-order valence-corrected chi connectivity index (χ0v) is 12.6. The first-order valence-corrected chi connectivity index (χ1v) is 7.88. The van der Waals surface area contributed by atoms with Gasteiger partial charge in [-0.05, 0) is 43.4 Å². The summed E-state index contributed by atoms with van der Waals surface area (Å²) in [6, 6.07) is 8.45. The maximum Gasteiger partial charge on any atom is 0.227 e. The molecule has 1 aromatic rings. The molecule has 0 radical (unpaired) electrons. The molecule has 2 unspecified atom stereocenters. The molecular formula is C17H24N2O2. The van der Waals surface area contributed by atoms with E-state index in [2.05, 4.69) is 4.90 Å². The monoisotopic (exact) mass is 288 g/mol. The number of methoxy groups -OCH3 is 1. The Hall–Kier alpha value is -1.55. The molecule has 0 saturated heterocycles. The number of hydrogen-bond acceptors (Lipinski definition) is 3. The van der Waals surface area contributed by atoms with Crippen LogP contribution in [-0.4, -0.2) is 30.0 Å². The van der Waals surface area contributed by atoms with Crippen LogP contribution in [0.4, 0.5) is 0 Å². The van der Waals surface area contributed by atoms with Crippen molar-refractivity contribution in [2.75, 3.05) is 7.11 Å². The van der Waals surface area contributed by atoms with E-state index >= 15 is 0 Å². The van der Waals surface area contributed by atoms with E-state index in [0.717, 1.165) is 43.4 Å². The predicted molar refractivity (Wildman–Crippen MR) is 81.9 cm³/mol. The minimum atomic E-state index is 0.0313. The first kappa shape index (κ1) is 14.4. The molecule has 2 fully saturated rings. The van der Waals surface area contributed by atoms with Crippen LogP contribution >= 0.6 is 0 Å². The Kier molecular flexibility index (Phi) is 4.15. The molecule has 1 aromatic carbocycles. The standard InChI is InChI=1S/C17H24N2O2/c1-21-14-9-5-12(6-10-14)11-19(13-7-8-13)17(20)15-3-2-4-16(15)18/h5-6,9-10,13,15-16H,2-4,7-8,11,18H2,1H3. The lowest BCUT2D eigenvalue weighted by atomic mass is 10.0. The number of carbonyl (C=O) groups is 1. The van der Waals surface area contributed by atoms with Crippen LogP contribution in [0, 0.1) is 5.92 Å². The minimum absolute atomic E-state index is 0.0313. The number of rotatable bonds is 5. The summed E-state index contributed by atoms with van der Waals surface area (Å²) in [5, 5.41) is 0. The number of amides is 1. The quantitative estimate of drug-likeness (QED) is 0.904. The third-order valence-corrected chi connectivity index (χ3v) is 4.67. The average molecular weight is 288 g/mol. The Morgan fingerprint density at radius 1 is 1.24 bits per heavy atom. The number of hydrogen-bond donors (Lipinski definition) is 1. The highest BCUT2D eigenvalue weighted by Gasteiger charge is 2.39. The van der Waals surface area contributed by atoms with Crippen molar-refractivity contribution in [2.45, 2.75) is 50.7 Å². The Bertz CT molecular complexity index is 496. The van der Waals surface area contributed by atoms with Gasteiger partial charge in [0.1, 0.15) is 5.75 Å². The Balaban J connectivity index is 1.70. The SMILES string of the molecule is COc1ccc(CN(C(=O)C2CCCC2N)C2CC2)cc1. The van der Waals surface area contributed by atoms with Crippen molar-refractivity contribution in [3.05, 3.63) is 29.8 Å². The van der Waals surface area contributed by atoms with Crippen LogP contribution in [-0.2, 0) is 11.3 Å². The number of benzene rings is 1. The summed E-state index contributed by atoms with van der Waals surface area (Å²) in [5.74, 6) is 1.14. The molecule has 2 atom stereocenters. The molecule has 0 bridgehead atoms. The van der Waals surface area contributed by atoms with E-state index in [1.807, 2.05) is 24.3 Å². The van der Waals surface area contributed by atoms with Gasteiger partial charge in [-0.2, -0.15) is 0 Å². The maximum atomic E-state index is 12.8. The summed E-state index contributed by atoms with van der Waals surface area (Å²) in [6.45, 7) is 0.691. The highest BCUT2D eigenvalue weighted by molar-refractivity contribution is 5.80. The van der Waals surface area contributed by atoms with Gasteiger partial charge in [0.05, 0.1) is 13.0 Å². The summed E-state index contributed by atoms with van der Waals surface area (Å²) >= 11 is 0. The zero-order valence-electron chi connectivity index (χ0n) is 12.6. The first-order chi connectivity index (χ1) is 10.2. The lowest BCUT2D eigenvalue weighted by molar-refractivity contribution is -0.137. The maximum absolute atomic E-state index is 12.8. The second-order valence-corrected chi connectivity index (χ2v) is 6.25. The normalized spacial score (nSPS) is 24.9. The van der Waals surface area contributed by atoms with Crippen molar-refractivity contribution in [3.63, 3.8) is 0 Å². The van der Waals surface area contributed by atoms with Gasteiger partial charge in [0.15, 0.2) is 0 Å². The predicted octanol–water partition coefficient (Wildman–Crippen LogP) is 2.31. The van der Waals surface area contributed by atoms with Gasteiger partial charge in [0, 0.05) is 18.6 Å². The zero-order chi connectivity index (χ0) is 14.8. The van der Waals surface area contributed by atoms with Gasteiger partial charge in [-0.3, -0.25) is 4.79 Å². The number of nitrogens with zero attached hydrogens (tertiary/aromatic N) is 1. The molecule has 2 aliphatic rings. The van der Waals surface area contributed by atoms with Gasteiger partial charge >= 0.3 is 0 Å². The van der Waals surface area contributed by atoms with Gasteiger partial charge in [0.2, 0.25) is 5.91 Å². The fraction of sp³-hybridized carbons (Fsp3) is 0.588. The topological polar surface area (TPSA) is 55.6 Å². The van der Waals surface area contributed by atoms with E-state index < -0.39 is 0 Å². The third kappa shape index (κ3) is 3.21. The van der Waals surface area contributed by atoms with Gasteiger partial charge in [0.25, 0.3) is 0 Å². The van der Waals surface area contributed by atoms with Crippen molar-refractivity contribution < 1.29 is 9.53 Å². The minimum Gasteiger partial charge on any atom is -0.497 e. The molecule has 21 heavy (non-hydrogen) atoms. The first-order valence-electron chi connectivity index (χ1n) is 7.88. The number of nitrogens with two attached hydrogens (primary N) is 1. The van der Waals surface area contributed by atoms with Crippen molar-refractivity contribution in [3.8, 4) is 5.75 Å². The van der Waals surface area contributed by atoms with Crippen LogP contribution in [0.2, 0.25) is 0 Å². The van der Waals surface area contributed by atoms with Gasteiger partial charge in [-0.25, -0.2) is 0 Å². The van der Waals surface area contributed by atoms with E-state index in [0.29, 0.717) is 12.6 Å². The molecule has 0 heterocycles. The highest BCUT2D eigenvalue weighted by atomic mass is 16.5. The fourth-order valence-corrected chi connectivity index (χ4v) is 3.21. The molecule has 3 rings (SSSR count). The van der Waals surface area contributed by atoms with E-state index in [1.165, 1.54) is 0 Å². The number of ether oxygens (including phenoxy) is 1. The second kappa shape index (κ2) is 6.06. The summed E-state index contributed by atoms with van der Waals surface area (Å²) in [7, 11) is 1.66. The average Bonchev–Trinajstić information content (AvgIpc) is 3.26. The summed E-state index contributed by atoms with van der Waals surface area (Å²) in [6.07, 6.45) is 5.27. The molecule has 0 spiro atoms. The van der Waals surface area contributed by atoms with Crippen molar-refractivity contribution in [1.82, 2.24) is 4.90 Å². The van der Waals surface area contributed by atoms with E-state index in [9.17, 15) is 4.79 Å². The molecule has 2 N–H and O–H groups in total. The van der Waals surface area contributed by atoms with Crippen molar-refractivity contribution in [1.29, 1.82) is 0 Å². The van der Waals surface area contributed by atoms with E-state index in [-0.39, 0.29) is 17.9 Å². The van der Waals surface area contributed by atoms with Crippen LogP contribution in [0.3, 0.4) is 0 Å². The number of carbonyl (C=O) groups excluding carboxylic acids is 1. The molecular weight excluding hydrogens is 264 g/mol. The molecule has 2 aliphatic carbocycles. The van der Waals surface area contributed by atoms with E-state index in [4.69, 9.17) is 10.5 Å². The lowest BCUT2D eigenvalue weighted by Crippen LogP contribution is -2.42. The van der Waals surface area contributed by atoms with E-state index in [1.54, 1.807) is 7.11 Å². The summed E-state index contributed by atoms with van der Waals surface area (Å²) in [4.78, 5) is 14.8. The lowest BCUT2D eigenvalue weighted by Gasteiger charge is -2.27. The molecule has 0 aliphatic heterocycles. The summed E-state index contributed by atoms with van der Waals surface area (Å²) < 4.78 is 5.18. The molecule has 4 heteroatoms. The van der Waals surface area contributed by atoms with Gasteiger partial charge in [-0.1, -0.05) is 18.6 Å². The fourth-order valence-electron chi connectivity index (χ4n) is 3.21. The summed E-state index contributed by atoms with van der Waals surface area (Å²) in [5.41, 5.74) is 7.26. The largest absolute Gasteiger partial charge is 0.497 e. The highest BCUT2D eigenvalue weighted by Crippen LogP contribution is 2.33. The molecule has 0 aromatic heterocycles. The molecule has 114 valence electrons.